The molecule has 1 saturated heterocycles. The van der Waals surface area contributed by atoms with Gasteiger partial charge in [-0.25, -0.2) is 18.7 Å². The van der Waals surface area contributed by atoms with E-state index in [1.165, 1.54) is 12.4 Å². The van der Waals surface area contributed by atoms with Gasteiger partial charge in [-0.1, -0.05) is 15.9 Å². The van der Waals surface area contributed by atoms with Crippen LogP contribution in [0.4, 0.5) is 14.6 Å². The van der Waals surface area contributed by atoms with Crippen molar-refractivity contribution < 1.29 is 13.6 Å². The van der Waals surface area contributed by atoms with Crippen molar-refractivity contribution in [2.24, 2.45) is 0 Å². The maximum atomic E-state index is 13.9. The number of nitrogens with zero attached hydrogens (tertiary/aromatic N) is 4. The molecule has 0 aliphatic carbocycles. The van der Waals surface area contributed by atoms with Crippen LogP contribution in [0.25, 0.3) is 10.9 Å². The molecular weight excluding hydrogens is 418 g/mol. The zero-order valence-electron chi connectivity index (χ0n) is 14.2. The lowest BCUT2D eigenvalue weighted by Gasteiger charge is -2.35. The number of amides is 1. The lowest BCUT2D eigenvalue weighted by molar-refractivity contribution is 0.0742. The molecule has 0 spiro atoms. The van der Waals surface area contributed by atoms with E-state index >= 15 is 0 Å². The number of fused-ring (bicyclic) bond motifs is 1. The highest BCUT2D eigenvalue weighted by Crippen LogP contribution is 2.27. The molecule has 1 amide bonds. The monoisotopic (exact) mass is 432 g/mol. The minimum atomic E-state index is -0.839. The Bertz CT molecular complexity index is 1020. The predicted octanol–water partition coefficient (Wildman–Crippen LogP) is 3.63. The fourth-order valence-electron chi connectivity index (χ4n) is 3.22. The first-order valence-corrected chi connectivity index (χ1v) is 9.22. The van der Waals surface area contributed by atoms with Crippen LogP contribution in [0.15, 0.2) is 47.2 Å². The van der Waals surface area contributed by atoms with E-state index in [1.54, 1.807) is 4.90 Å². The molecule has 2 aromatic carbocycles. The lowest BCUT2D eigenvalue weighted by atomic mass is 10.1. The fraction of sp³-hybridized carbons (Fsp3) is 0.211. The SMILES string of the molecule is O=C(c1ccc(F)cc1F)N1CCN(c2ncnc3ccc(Br)cc23)CC1. The molecule has 138 valence electrons. The summed E-state index contributed by atoms with van der Waals surface area (Å²) >= 11 is 3.47. The summed E-state index contributed by atoms with van der Waals surface area (Å²) in [5, 5.41) is 0.927. The van der Waals surface area contributed by atoms with E-state index < -0.39 is 17.5 Å². The molecule has 27 heavy (non-hydrogen) atoms. The molecule has 0 atom stereocenters. The molecular formula is C19H15BrF2N4O. The van der Waals surface area contributed by atoms with Crippen molar-refractivity contribution in [3.05, 3.63) is 64.4 Å². The number of aromatic nitrogens is 2. The molecule has 1 fully saturated rings. The number of carbonyl (C=O) groups is 1. The maximum Gasteiger partial charge on any atom is 0.256 e. The first-order chi connectivity index (χ1) is 13.0. The Hall–Kier alpha value is -2.61. The summed E-state index contributed by atoms with van der Waals surface area (Å²) in [6, 6.07) is 8.82. The standard InChI is InChI=1S/C19H15BrF2N4O/c20-12-1-4-17-15(9-12)18(24-11-23-17)25-5-7-26(8-6-25)19(27)14-3-2-13(21)10-16(14)22/h1-4,9-11H,5-8H2. The van der Waals surface area contributed by atoms with Gasteiger partial charge in [0.25, 0.3) is 5.91 Å². The third-order valence-corrected chi connectivity index (χ3v) is 5.10. The van der Waals surface area contributed by atoms with Crippen molar-refractivity contribution in [1.29, 1.82) is 0 Å². The average Bonchev–Trinajstić information content (AvgIpc) is 2.67. The van der Waals surface area contributed by atoms with Crippen LogP contribution < -0.4 is 4.90 Å². The molecule has 0 radical (unpaired) electrons. The van der Waals surface area contributed by atoms with Gasteiger partial charge in [-0.2, -0.15) is 0 Å². The van der Waals surface area contributed by atoms with Crippen molar-refractivity contribution in [2.45, 2.75) is 0 Å². The van der Waals surface area contributed by atoms with E-state index in [1.807, 2.05) is 18.2 Å². The van der Waals surface area contributed by atoms with Gasteiger partial charge in [0.1, 0.15) is 23.8 Å². The van der Waals surface area contributed by atoms with Crippen LogP contribution in [0.3, 0.4) is 0 Å². The Morgan fingerprint density at radius 2 is 1.78 bits per heavy atom. The summed E-state index contributed by atoms with van der Waals surface area (Å²) in [4.78, 5) is 24.9. The van der Waals surface area contributed by atoms with Gasteiger partial charge in [0.05, 0.1) is 11.1 Å². The number of carbonyl (C=O) groups excluding carboxylic acids is 1. The smallest absolute Gasteiger partial charge is 0.256 e. The third-order valence-electron chi connectivity index (χ3n) is 4.60. The van der Waals surface area contributed by atoms with Crippen LogP contribution in [0.5, 0.6) is 0 Å². The molecule has 0 saturated carbocycles. The van der Waals surface area contributed by atoms with E-state index in [-0.39, 0.29) is 5.56 Å². The number of hydrogen-bond donors (Lipinski definition) is 0. The van der Waals surface area contributed by atoms with E-state index in [0.717, 1.165) is 33.3 Å². The van der Waals surface area contributed by atoms with Crippen LogP contribution >= 0.6 is 15.9 Å². The number of anilines is 1. The normalized spacial score (nSPS) is 14.6. The van der Waals surface area contributed by atoms with Crippen LogP contribution in [0.1, 0.15) is 10.4 Å². The third kappa shape index (κ3) is 3.49. The van der Waals surface area contributed by atoms with Gasteiger partial charge in [0, 0.05) is 42.1 Å². The second kappa shape index (κ2) is 7.19. The first kappa shape index (κ1) is 17.8. The van der Waals surface area contributed by atoms with Crippen LogP contribution in [0, 0.1) is 11.6 Å². The number of hydrogen-bond acceptors (Lipinski definition) is 4. The first-order valence-electron chi connectivity index (χ1n) is 8.42. The highest BCUT2D eigenvalue weighted by atomic mass is 79.9. The van der Waals surface area contributed by atoms with Gasteiger partial charge < -0.3 is 9.80 Å². The maximum absolute atomic E-state index is 13.9. The zero-order chi connectivity index (χ0) is 19.0. The van der Waals surface area contributed by atoms with Crippen molar-refractivity contribution in [3.8, 4) is 0 Å². The molecule has 8 heteroatoms. The van der Waals surface area contributed by atoms with Crippen molar-refractivity contribution in [2.75, 3.05) is 31.1 Å². The highest BCUT2D eigenvalue weighted by Gasteiger charge is 2.25. The van der Waals surface area contributed by atoms with E-state index in [0.29, 0.717) is 26.2 Å². The Morgan fingerprint density at radius 1 is 1.00 bits per heavy atom. The van der Waals surface area contributed by atoms with Gasteiger partial charge in [-0.15, -0.1) is 0 Å². The van der Waals surface area contributed by atoms with E-state index in [9.17, 15) is 13.6 Å². The second-order valence-corrected chi connectivity index (χ2v) is 7.18. The molecule has 1 aliphatic rings. The van der Waals surface area contributed by atoms with Crippen LogP contribution in [-0.2, 0) is 0 Å². The second-order valence-electron chi connectivity index (χ2n) is 6.26. The van der Waals surface area contributed by atoms with Crippen molar-refractivity contribution >= 4 is 38.6 Å². The number of benzene rings is 2. The Morgan fingerprint density at radius 3 is 2.52 bits per heavy atom. The largest absolute Gasteiger partial charge is 0.352 e. The van der Waals surface area contributed by atoms with E-state index in [2.05, 4.69) is 30.8 Å². The summed E-state index contributed by atoms with van der Waals surface area (Å²) in [6.45, 7) is 1.98. The molecule has 3 aromatic rings. The summed E-state index contributed by atoms with van der Waals surface area (Å²) in [7, 11) is 0. The topological polar surface area (TPSA) is 49.3 Å². The quantitative estimate of drug-likeness (QED) is 0.620. The van der Waals surface area contributed by atoms with Gasteiger partial charge >= 0.3 is 0 Å². The molecule has 1 aliphatic heterocycles. The predicted molar refractivity (Wildman–Crippen MR) is 102 cm³/mol. The zero-order valence-corrected chi connectivity index (χ0v) is 15.8. The molecule has 0 bridgehead atoms. The molecule has 5 nitrogen and oxygen atoms in total. The van der Waals surface area contributed by atoms with Crippen molar-refractivity contribution in [3.63, 3.8) is 0 Å². The number of piperazine rings is 1. The van der Waals surface area contributed by atoms with E-state index in [4.69, 9.17) is 0 Å². The van der Waals surface area contributed by atoms with Gasteiger partial charge in [0.2, 0.25) is 0 Å². The number of halogens is 3. The molecule has 0 unspecified atom stereocenters. The fourth-order valence-corrected chi connectivity index (χ4v) is 3.58. The minimum absolute atomic E-state index is 0.110. The van der Waals surface area contributed by atoms with Crippen molar-refractivity contribution in [1.82, 2.24) is 14.9 Å². The average molecular weight is 433 g/mol. The van der Waals surface area contributed by atoms with Crippen LogP contribution in [0.2, 0.25) is 0 Å². The Balaban J connectivity index is 1.52. The molecule has 2 heterocycles. The lowest BCUT2D eigenvalue weighted by Crippen LogP contribution is -2.49. The Kier molecular flexibility index (Phi) is 4.73. The summed E-state index contributed by atoms with van der Waals surface area (Å²) in [5.41, 5.74) is 0.733. The van der Waals surface area contributed by atoms with Gasteiger partial charge in [0.15, 0.2) is 0 Å². The van der Waals surface area contributed by atoms with Crippen LogP contribution in [-0.4, -0.2) is 47.0 Å². The molecule has 4 rings (SSSR count). The van der Waals surface area contributed by atoms with Gasteiger partial charge in [-0.05, 0) is 30.3 Å². The highest BCUT2D eigenvalue weighted by molar-refractivity contribution is 9.10. The molecule has 1 aromatic heterocycles. The minimum Gasteiger partial charge on any atom is -0.352 e. The summed E-state index contributed by atoms with van der Waals surface area (Å²) < 4.78 is 27.9. The molecule has 0 N–H and O–H groups in total. The number of rotatable bonds is 2. The summed E-state index contributed by atoms with van der Waals surface area (Å²) in [5.74, 6) is -1.16. The van der Waals surface area contributed by atoms with Gasteiger partial charge in [-0.3, -0.25) is 4.79 Å². The summed E-state index contributed by atoms with van der Waals surface area (Å²) in [6.07, 6.45) is 1.52. The Labute approximate surface area is 162 Å².